The first kappa shape index (κ1) is 13.3. The molecule has 6 heteroatoms. The van der Waals surface area contributed by atoms with E-state index < -0.39 is 6.04 Å². The molecule has 19 heavy (non-hydrogen) atoms. The summed E-state index contributed by atoms with van der Waals surface area (Å²) in [5, 5.41) is 5.50. The summed E-state index contributed by atoms with van der Waals surface area (Å²) in [4.78, 5) is 15.8. The monoisotopic (exact) mass is 265 g/mol. The van der Waals surface area contributed by atoms with Crippen molar-refractivity contribution in [2.45, 2.75) is 19.9 Å². The van der Waals surface area contributed by atoms with Crippen molar-refractivity contribution in [2.24, 2.45) is 5.92 Å². The van der Waals surface area contributed by atoms with Gasteiger partial charge in [0.25, 0.3) is 6.01 Å². The highest BCUT2D eigenvalue weighted by molar-refractivity contribution is 5.84. The normalized spacial score (nSPS) is 12.7. The van der Waals surface area contributed by atoms with Gasteiger partial charge in [0.1, 0.15) is 17.4 Å². The van der Waals surface area contributed by atoms with Crippen molar-refractivity contribution in [1.29, 1.82) is 0 Å². The SMILES string of the molecule is CNC(=O)C(Nc1nc2cc(F)ccc2o1)C(C)C. The first-order valence-corrected chi connectivity index (χ1v) is 6.05. The predicted octanol–water partition coefficient (Wildman–Crippen LogP) is 2.15. The fraction of sp³-hybridized carbons (Fsp3) is 0.385. The number of anilines is 1. The zero-order chi connectivity index (χ0) is 14.0. The van der Waals surface area contributed by atoms with E-state index in [1.54, 1.807) is 7.05 Å². The van der Waals surface area contributed by atoms with Crippen LogP contribution in [-0.2, 0) is 4.79 Å². The van der Waals surface area contributed by atoms with Crippen LogP contribution in [0.2, 0.25) is 0 Å². The number of rotatable bonds is 4. The molecule has 1 heterocycles. The topological polar surface area (TPSA) is 67.2 Å². The van der Waals surface area contributed by atoms with Crippen molar-refractivity contribution in [1.82, 2.24) is 10.3 Å². The minimum Gasteiger partial charge on any atom is -0.424 e. The summed E-state index contributed by atoms with van der Waals surface area (Å²) >= 11 is 0. The van der Waals surface area contributed by atoms with E-state index in [9.17, 15) is 9.18 Å². The molecule has 0 fully saturated rings. The van der Waals surface area contributed by atoms with E-state index in [0.717, 1.165) is 0 Å². The van der Waals surface area contributed by atoms with Crippen molar-refractivity contribution in [2.75, 3.05) is 12.4 Å². The van der Waals surface area contributed by atoms with Gasteiger partial charge in [-0.15, -0.1) is 0 Å². The predicted molar refractivity (Wildman–Crippen MR) is 70.3 cm³/mol. The Balaban J connectivity index is 2.26. The molecule has 2 aromatic rings. The number of oxazole rings is 1. The Bertz CT molecular complexity index is 595. The minimum atomic E-state index is -0.456. The van der Waals surface area contributed by atoms with Crippen LogP contribution in [0.25, 0.3) is 11.1 Å². The zero-order valence-corrected chi connectivity index (χ0v) is 11.0. The Kier molecular flexibility index (Phi) is 3.69. The molecule has 5 nitrogen and oxygen atoms in total. The summed E-state index contributed by atoms with van der Waals surface area (Å²) in [6.45, 7) is 3.82. The number of aromatic nitrogens is 1. The molecular formula is C13H16FN3O2. The van der Waals surface area contributed by atoms with Crippen LogP contribution in [0.1, 0.15) is 13.8 Å². The molecule has 0 radical (unpaired) electrons. The van der Waals surface area contributed by atoms with Crippen LogP contribution in [0.15, 0.2) is 22.6 Å². The first-order valence-electron chi connectivity index (χ1n) is 6.05. The molecule has 2 rings (SSSR count). The molecule has 1 atom stereocenters. The Morgan fingerprint density at radius 3 is 2.79 bits per heavy atom. The molecule has 0 bridgehead atoms. The third-order valence-corrected chi connectivity index (χ3v) is 2.82. The lowest BCUT2D eigenvalue weighted by Gasteiger charge is -2.19. The summed E-state index contributed by atoms with van der Waals surface area (Å²) in [5.41, 5.74) is 0.894. The molecule has 0 spiro atoms. The molecule has 0 saturated carbocycles. The second-order valence-electron chi connectivity index (χ2n) is 4.61. The molecule has 0 aliphatic heterocycles. The van der Waals surface area contributed by atoms with E-state index in [0.29, 0.717) is 11.1 Å². The lowest BCUT2D eigenvalue weighted by molar-refractivity contribution is -0.122. The number of benzene rings is 1. The lowest BCUT2D eigenvalue weighted by Crippen LogP contribution is -2.41. The number of fused-ring (bicyclic) bond motifs is 1. The Morgan fingerprint density at radius 1 is 1.42 bits per heavy atom. The summed E-state index contributed by atoms with van der Waals surface area (Å²) < 4.78 is 18.5. The maximum atomic E-state index is 13.1. The Morgan fingerprint density at radius 2 is 2.16 bits per heavy atom. The van der Waals surface area contributed by atoms with Crippen LogP contribution in [0.3, 0.4) is 0 Å². The van der Waals surface area contributed by atoms with Crippen LogP contribution >= 0.6 is 0 Å². The van der Waals surface area contributed by atoms with E-state index in [1.165, 1.54) is 18.2 Å². The number of amides is 1. The van der Waals surface area contributed by atoms with Crippen LogP contribution in [0.5, 0.6) is 0 Å². The van der Waals surface area contributed by atoms with Gasteiger partial charge in [-0.05, 0) is 18.1 Å². The molecule has 1 aromatic carbocycles. The maximum absolute atomic E-state index is 13.1. The quantitative estimate of drug-likeness (QED) is 0.889. The van der Waals surface area contributed by atoms with E-state index in [1.807, 2.05) is 13.8 Å². The van der Waals surface area contributed by atoms with E-state index in [4.69, 9.17) is 4.42 Å². The molecule has 0 saturated heterocycles. The number of nitrogens with one attached hydrogen (secondary N) is 2. The van der Waals surface area contributed by atoms with E-state index in [2.05, 4.69) is 15.6 Å². The number of nitrogens with zero attached hydrogens (tertiary/aromatic N) is 1. The standard InChI is InChI=1S/C13H16FN3O2/c1-7(2)11(12(18)15-3)17-13-16-9-6-8(14)4-5-10(9)19-13/h4-7,11H,1-3H3,(H,15,18)(H,16,17). The Hall–Kier alpha value is -2.11. The average molecular weight is 265 g/mol. The van der Waals surface area contributed by atoms with Gasteiger partial charge < -0.3 is 15.1 Å². The first-order chi connectivity index (χ1) is 9.01. The third-order valence-electron chi connectivity index (χ3n) is 2.82. The van der Waals surface area contributed by atoms with Gasteiger partial charge in [0, 0.05) is 13.1 Å². The third kappa shape index (κ3) is 2.83. The van der Waals surface area contributed by atoms with Gasteiger partial charge in [-0.3, -0.25) is 4.79 Å². The minimum absolute atomic E-state index is 0.0618. The maximum Gasteiger partial charge on any atom is 0.296 e. The highest BCUT2D eigenvalue weighted by atomic mass is 19.1. The fourth-order valence-corrected chi connectivity index (χ4v) is 1.79. The summed E-state index contributed by atoms with van der Waals surface area (Å²) in [7, 11) is 1.57. The van der Waals surface area contributed by atoms with E-state index >= 15 is 0 Å². The molecule has 0 aliphatic rings. The van der Waals surface area contributed by atoms with Crippen molar-refractivity contribution in [3.8, 4) is 0 Å². The molecule has 2 N–H and O–H groups in total. The van der Waals surface area contributed by atoms with E-state index in [-0.39, 0.29) is 23.7 Å². The zero-order valence-electron chi connectivity index (χ0n) is 11.0. The highest BCUT2D eigenvalue weighted by Gasteiger charge is 2.22. The van der Waals surface area contributed by atoms with Crippen molar-refractivity contribution >= 4 is 23.0 Å². The van der Waals surface area contributed by atoms with Gasteiger partial charge in [0.2, 0.25) is 5.91 Å². The van der Waals surface area contributed by atoms with Gasteiger partial charge >= 0.3 is 0 Å². The number of likely N-dealkylation sites (N-methyl/N-ethyl adjacent to an activating group) is 1. The smallest absolute Gasteiger partial charge is 0.296 e. The fourth-order valence-electron chi connectivity index (χ4n) is 1.79. The van der Waals surface area contributed by atoms with Crippen molar-refractivity contribution < 1.29 is 13.6 Å². The average Bonchev–Trinajstić information content (AvgIpc) is 2.76. The van der Waals surface area contributed by atoms with Crippen LogP contribution in [0, 0.1) is 11.7 Å². The highest BCUT2D eigenvalue weighted by Crippen LogP contribution is 2.21. The summed E-state index contributed by atoms with van der Waals surface area (Å²) in [5.74, 6) is -0.464. The number of carbonyl (C=O) groups is 1. The molecule has 0 aliphatic carbocycles. The number of hydrogen-bond donors (Lipinski definition) is 2. The lowest BCUT2D eigenvalue weighted by atomic mass is 10.0. The molecule has 1 amide bonds. The number of hydrogen-bond acceptors (Lipinski definition) is 4. The Labute approximate surface area is 110 Å². The van der Waals surface area contributed by atoms with Crippen LogP contribution < -0.4 is 10.6 Å². The number of halogens is 1. The molecule has 1 unspecified atom stereocenters. The van der Waals surface area contributed by atoms with Crippen LogP contribution in [-0.4, -0.2) is 24.0 Å². The second-order valence-corrected chi connectivity index (χ2v) is 4.61. The van der Waals surface area contributed by atoms with Gasteiger partial charge in [-0.1, -0.05) is 13.8 Å². The van der Waals surface area contributed by atoms with Gasteiger partial charge in [-0.25, -0.2) is 4.39 Å². The number of carbonyl (C=O) groups excluding carboxylic acids is 1. The van der Waals surface area contributed by atoms with Crippen molar-refractivity contribution in [3.63, 3.8) is 0 Å². The van der Waals surface area contributed by atoms with Gasteiger partial charge in [0.15, 0.2) is 5.58 Å². The van der Waals surface area contributed by atoms with Crippen LogP contribution in [0.4, 0.5) is 10.4 Å². The summed E-state index contributed by atoms with van der Waals surface area (Å²) in [6.07, 6.45) is 0. The molecular weight excluding hydrogens is 249 g/mol. The largest absolute Gasteiger partial charge is 0.424 e. The van der Waals surface area contributed by atoms with Gasteiger partial charge in [0.05, 0.1) is 0 Å². The second kappa shape index (κ2) is 5.26. The van der Waals surface area contributed by atoms with Crippen molar-refractivity contribution in [3.05, 3.63) is 24.0 Å². The summed E-state index contributed by atoms with van der Waals surface area (Å²) in [6, 6.07) is 3.85. The molecule has 102 valence electrons. The molecule has 1 aromatic heterocycles. The van der Waals surface area contributed by atoms with Gasteiger partial charge in [-0.2, -0.15) is 4.98 Å².